The molecule has 0 spiro atoms. The maximum atomic E-state index is 4.61. The number of aromatic nitrogens is 2. The molecule has 0 amide bonds. The molecule has 2 aromatic heterocycles. The second kappa shape index (κ2) is 6.70. The maximum Gasteiger partial charge on any atom is 0.226 e. The summed E-state index contributed by atoms with van der Waals surface area (Å²) >= 11 is 1.76. The van der Waals surface area contributed by atoms with Gasteiger partial charge in [0.2, 0.25) is 5.95 Å². The van der Waals surface area contributed by atoms with Gasteiger partial charge in [-0.1, -0.05) is 20.8 Å². The first-order chi connectivity index (χ1) is 9.28. The molecule has 0 saturated carbocycles. The van der Waals surface area contributed by atoms with Gasteiger partial charge < -0.3 is 10.6 Å². The van der Waals surface area contributed by atoms with E-state index in [1.807, 2.05) is 0 Å². The van der Waals surface area contributed by atoms with Gasteiger partial charge in [0.1, 0.15) is 10.6 Å². The van der Waals surface area contributed by atoms with Crippen LogP contribution in [0.3, 0.4) is 0 Å². The van der Waals surface area contributed by atoms with E-state index in [1.54, 1.807) is 11.3 Å². The van der Waals surface area contributed by atoms with Crippen molar-refractivity contribution in [2.75, 3.05) is 23.7 Å². The molecule has 0 aliphatic heterocycles. The van der Waals surface area contributed by atoms with Gasteiger partial charge in [-0.3, -0.25) is 0 Å². The summed E-state index contributed by atoms with van der Waals surface area (Å²) in [5.41, 5.74) is 0. The highest BCUT2D eigenvalue weighted by Crippen LogP contribution is 2.30. The van der Waals surface area contributed by atoms with Crippen LogP contribution >= 0.6 is 11.3 Å². The Balaban J connectivity index is 2.37. The highest BCUT2D eigenvalue weighted by atomic mass is 32.1. The predicted molar refractivity (Wildman–Crippen MR) is 84.4 cm³/mol. The molecular formula is C14H22N4S. The number of nitrogens with one attached hydrogen (secondary N) is 2. The van der Waals surface area contributed by atoms with Crippen molar-refractivity contribution in [3.63, 3.8) is 0 Å². The van der Waals surface area contributed by atoms with Gasteiger partial charge in [-0.05, 0) is 25.3 Å². The van der Waals surface area contributed by atoms with Crippen LogP contribution in [0.25, 0.3) is 10.2 Å². The average Bonchev–Trinajstić information content (AvgIpc) is 2.85. The third-order valence-electron chi connectivity index (χ3n) is 2.87. The molecule has 0 bridgehead atoms. The monoisotopic (exact) mass is 278 g/mol. The van der Waals surface area contributed by atoms with Crippen molar-refractivity contribution >= 4 is 33.3 Å². The van der Waals surface area contributed by atoms with Gasteiger partial charge in [-0.15, -0.1) is 11.3 Å². The first-order valence-corrected chi connectivity index (χ1v) is 7.88. The second-order valence-electron chi connectivity index (χ2n) is 4.53. The quantitative estimate of drug-likeness (QED) is 0.806. The topological polar surface area (TPSA) is 49.8 Å². The van der Waals surface area contributed by atoms with Crippen LogP contribution < -0.4 is 10.6 Å². The van der Waals surface area contributed by atoms with Crippen LogP contribution in [0, 0.1) is 0 Å². The summed E-state index contributed by atoms with van der Waals surface area (Å²) < 4.78 is 0. The number of anilines is 2. The standard InChI is InChI=1S/C14H22N4S/c1-4-7-15-12-11-9-10(6-3)19-13(11)18-14(17-12)16-8-5-2/h9H,4-8H2,1-3H3,(H2,15,16,17,18). The Labute approximate surface area is 118 Å². The third kappa shape index (κ3) is 3.35. The lowest BCUT2D eigenvalue weighted by Crippen LogP contribution is -2.08. The van der Waals surface area contributed by atoms with E-state index in [-0.39, 0.29) is 0 Å². The van der Waals surface area contributed by atoms with Gasteiger partial charge in [-0.25, -0.2) is 4.98 Å². The number of rotatable bonds is 7. The predicted octanol–water partition coefficient (Wildman–Crippen LogP) is 3.90. The SMILES string of the molecule is CCCNc1nc(NCCC)c2cc(CC)sc2n1. The van der Waals surface area contributed by atoms with Gasteiger partial charge in [0.05, 0.1) is 5.39 Å². The Morgan fingerprint density at radius 1 is 1.05 bits per heavy atom. The number of hydrogen-bond donors (Lipinski definition) is 2. The summed E-state index contributed by atoms with van der Waals surface area (Å²) in [5, 5.41) is 7.83. The summed E-state index contributed by atoms with van der Waals surface area (Å²) in [6, 6.07) is 2.21. The summed E-state index contributed by atoms with van der Waals surface area (Å²) in [7, 11) is 0. The van der Waals surface area contributed by atoms with Crippen LogP contribution in [0.4, 0.5) is 11.8 Å². The van der Waals surface area contributed by atoms with Gasteiger partial charge in [-0.2, -0.15) is 4.98 Å². The van der Waals surface area contributed by atoms with E-state index in [4.69, 9.17) is 0 Å². The zero-order chi connectivity index (χ0) is 13.7. The van der Waals surface area contributed by atoms with E-state index < -0.39 is 0 Å². The van der Waals surface area contributed by atoms with E-state index in [2.05, 4.69) is 47.4 Å². The molecule has 0 unspecified atom stereocenters. The fourth-order valence-electron chi connectivity index (χ4n) is 1.84. The molecule has 0 fully saturated rings. The van der Waals surface area contributed by atoms with Gasteiger partial charge >= 0.3 is 0 Å². The number of aryl methyl sites for hydroxylation is 1. The molecule has 2 N–H and O–H groups in total. The summed E-state index contributed by atoms with van der Waals surface area (Å²) in [6.07, 6.45) is 3.21. The van der Waals surface area contributed by atoms with Crippen LogP contribution in [0.1, 0.15) is 38.5 Å². The Bertz CT molecular complexity index is 535. The van der Waals surface area contributed by atoms with E-state index in [0.29, 0.717) is 0 Å². The summed E-state index contributed by atoms with van der Waals surface area (Å²) in [5.74, 6) is 1.69. The number of thiophene rings is 1. The van der Waals surface area contributed by atoms with Crippen molar-refractivity contribution < 1.29 is 0 Å². The fourth-order valence-corrected chi connectivity index (χ4v) is 2.81. The minimum Gasteiger partial charge on any atom is -0.369 e. The molecule has 104 valence electrons. The van der Waals surface area contributed by atoms with Crippen LogP contribution in [0.2, 0.25) is 0 Å². The highest BCUT2D eigenvalue weighted by Gasteiger charge is 2.10. The summed E-state index contributed by atoms with van der Waals surface area (Å²) in [4.78, 5) is 11.6. The normalized spacial score (nSPS) is 10.9. The van der Waals surface area contributed by atoms with Crippen LogP contribution in [0.5, 0.6) is 0 Å². The van der Waals surface area contributed by atoms with Crippen molar-refractivity contribution in [2.24, 2.45) is 0 Å². The minimum atomic E-state index is 0.734. The van der Waals surface area contributed by atoms with Crippen LogP contribution in [0.15, 0.2) is 6.07 Å². The Kier molecular flexibility index (Phi) is 4.96. The van der Waals surface area contributed by atoms with E-state index in [1.165, 1.54) is 4.88 Å². The molecule has 2 aromatic rings. The molecule has 0 atom stereocenters. The Morgan fingerprint density at radius 3 is 2.47 bits per heavy atom. The number of fused-ring (bicyclic) bond motifs is 1. The lowest BCUT2D eigenvalue weighted by molar-refractivity contribution is 0.947. The highest BCUT2D eigenvalue weighted by molar-refractivity contribution is 7.18. The molecule has 0 saturated heterocycles. The Morgan fingerprint density at radius 2 is 1.79 bits per heavy atom. The zero-order valence-electron chi connectivity index (χ0n) is 11.9. The van der Waals surface area contributed by atoms with Crippen molar-refractivity contribution in [1.82, 2.24) is 9.97 Å². The van der Waals surface area contributed by atoms with Crippen molar-refractivity contribution in [1.29, 1.82) is 0 Å². The molecule has 0 aliphatic carbocycles. The van der Waals surface area contributed by atoms with Gasteiger partial charge in [0.15, 0.2) is 0 Å². The zero-order valence-corrected chi connectivity index (χ0v) is 12.7. The molecule has 0 aromatic carbocycles. The fraction of sp³-hybridized carbons (Fsp3) is 0.571. The lowest BCUT2D eigenvalue weighted by atomic mass is 10.3. The van der Waals surface area contributed by atoms with Crippen molar-refractivity contribution in [3.05, 3.63) is 10.9 Å². The van der Waals surface area contributed by atoms with Gasteiger partial charge in [0.25, 0.3) is 0 Å². The molecule has 2 heterocycles. The first-order valence-electron chi connectivity index (χ1n) is 7.06. The molecule has 0 radical (unpaired) electrons. The Hall–Kier alpha value is -1.36. The first kappa shape index (κ1) is 14.1. The third-order valence-corrected chi connectivity index (χ3v) is 4.04. The number of hydrogen-bond acceptors (Lipinski definition) is 5. The molecular weight excluding hydrogens is 256 g/mol. The average molecular weight is 278 g/mol. The van der Waals surface area contributed by atoms with Crippen molar-refractivity contribution in [2.45, 2.75) is 40.0 Å². The van der Waals surface area contributed by atoms with Crippen molar-refractivity contribution in [3.8, 4) is 0 Å². The summed E-state index contributed by atoms with van der Waals surface area (Å²) in [6.45, 7) is 8.32. The smallest absolute Gasteiger partial charge is 0.226 e. The molecule has 0 aliphatic rings. The molecule has 19 heavy (non-hydrogen) atoms. The second-order valence-corrected chi connectivity index (χ2v) is 5.65. The van der Waals surface area contributed by atoms with Crippen LogP contribution in [-0.2, 0) is 6.42 Å². The maximum absolute atomic E-state index is 4.61. The van der Waals surface area contributed by atoms with E-state index in [9.17, 15) is 0 Å². The minimum absolute atomic E-state index is 0.734. The van der Waals surface area contributed by atoms with Crippen LogP contribution in [-0.4, -0.2) is 23.1 Å². The van der Waals surface area contributed by atoms with E-state index in [0.717, 1.165) is 54.3 Å². The largest absolute Gasteiger partial charge is 0.369 e. The van der Waals surface area contributed by atoms with E-state index >= 15 is 0 Å². The lowest BCUT2D eigenvalue weighted by Gasteiger charge is -2.08. The number of nitrogens with zero attached hydrogens (tertiary/aromatic N) is 2. The van der Waals surface area contributed by atoms with Gasteiger partial charge in [0, 0.05) is 18.0 Å². The molecule has 4 nitrogen and oxygen atoms in total. The molecule has 2 rings (SSSR count). The molecule has 5 heteroatoms.